The Morgan fingerprint density at radius 2 is 2.15 bits per heavy atom. The van der Waals surface area contributed by atoms with Crippen LogP contribution in [0.3, 0.4) is 0 Å². The molecular formula is C20H20N4OS. The predicted molar refractivity (Wildman–Crippen MR) is 103 cm³/mol. The van der Waals surface area contributed by atoms with Crippen LogP contribution < -0.4 is 0 Å². The molecule has 3 heterocycles. The van der Waals surface area contributed by atoms with Gasteiger partial charge in [0.2, 0.25) is 5.91 Å². The molecule has 0 spiro atoms. The van der Waals surface area contributed by atoms with Gasteiger partial charge in [0.1, 0.15) is 5.69 Å². The molecule has 1 atom stereocenters. The SMILES string of the molecule is C[C@@H]1c2ccsc2CCN1C(=O)/C=C/c1cn(Cc2ccccc2)nn1. The van der Waals surface area contributed by atoms with Crippen molar-refractivity contribution >= 4 is 23.3 Å². The maximum absolute atomic E-state index is 12.6. The van der Waals surface area contributed by atoms with Crippen molar-refractivity contribution in [1.82, 2.24) is 19.9 Å². The monoisotopic (exact) mass is 364 g/mol. The molecule has 3 aromatic rings. The summed E-state index contributed by atoms with van der Waals surface area (Å²) in [6, 6.07) is 12.4. The largest absolute Gasteiger partial charge is 0.332 e. The third-order valence-corrected chi connectivity index (χ3v) is 5.70. The zero-order chi connectivity index (χ0) is 17.9. The molecule has 2 aromatic heterocycles. The van der Waals surface area contributed by atoms with Gasteiger partial charge in [-0.15, -0.1) is 16.4 Å². The van der Waals surface area contributed by atoms with E-state index in [9.17, 15) is 4.79 Å². The van der Waals surface area contributed by atoms with Crippen molar-refractivity contribution in [2.45, 2.75) is 25.9 Å². The second kappa shape index (κ2) is 7.25. The number of thiophene rings is 1. The minimum absolute atomic E-state index is 0.0203. The fourth-order valence-electron chi connectivity index (χ4n) is 3.30. The Hall–Kier alpha value is -2.73. The molecule has 1 aliphatic rings. The Bertz CT molecular complexity index is 928. The van der Waals surface area contributed by atoms with Crippen molar-refractivity contribution in [3.8, 4) is 0 Å². The van der Waals surface area contributed by atoms with Gasteiger partial charge in [0.15, 0.2) is 0 Å². The number of fused-ring (bicyclic) bond motifs is 1. The van der Waals surface area contributed by atoms with Crippen LogP contribution in [0.2, 0.25) is 0 Å². The fraction of sp³-hybridized carbons (Fsp3) is 0.250. The first kappa shape index (κ1) is 16.7. The lowest BCUT2D eigenvalue weighted by Gasteiger charge is -2.32. The molecule has 26 heavy (non-hydrogen) atoms. The highest BCUT2D eigenvalue weighted by atomic mass is 32.1. The van der Waals surface area contributed by atoms with Crippen LogP contribution in [0.15, 0.2) is 54.1 Å². The summed E-state index contributed by atoms with van der Waals surface area (Å²) in [5.74, 6) is 0.0203. The van der Waals surface area contributed by atoms with Gasteiger partial charge in [0, 0.05) is 17.5 Å². The van der Waals surface area contributed by atoms with E-state index in [-0.39, 0.29) is 11.9 Å². The van der Waals surface area contributed by atoms with Crippen molar-refractivity contribution in [3.05, 3.63) is 75.7 Å². The second-order valence-electron chi connectivity index (χ2n) is 6.42. The molecule has 0 bridgehead atoms. The van der Waals surface area contributed by atoms with Crippen LogP contribution in [-0.4, -0.2) is 32.3 Å². The summed E-state index contributed by atoms with van der Waals surface area (Å²) in [5, 5.41) is 10.4. The average molecular weight is 364 g/mol. The fourth-order valence-corrected chi connectivity index (χ4v) is 4.26. The summed E-state index contributed by atoms with van der Waals surface area (Å²) < 4.78 is 1.78. The molecule has 0 aliphatic carbocycles. The highest BCUT2D eigenvalue weighted by Crippen LogP contribution is 2.32. The van der Waals surface area contributed by atoms with Crippen molar-refractivity contribution in [2.24, 2.45) is 0 Å². The van der Waals surface area contributed by atoms with Crippen LogP contribution >= 0.6 is 11.3 Å². The lowest BCUT2D eigenvalue weighted by molar-refractivity contribution is -0.128. The lowest BCUT2D eigenvalue weighted by atomic mass is 10.0. The van der Waals surface area contributed by atoms with Gasteiger partial charge >= 0.3 is 0 Å². The predicted octanol–water partition coefficient (Wildman–Crippen LogP) is 3.55. The van der Waals surface area contributed by atoms with Crippen molar-refractivity contribution < 1.29 is 4.79 Å². The summed E-state index contributed by atoms with van der Waals surface area (Å²) in [7, 11) is 0. The van der Waals surface area contributed by atoms with E-state index in [1.54, 1.807) is 28.2 Å². The molecule has 0 fully saturated rings. The van der Waals surface area contributed by atoms with Crippen molar-refractivity contribution in [3.63, 3.8) is 0 Å². The smallest absolute Gasteiger partial charge is 0.247 e. The Kier molecular flexibility index (Phi) is 4.67. The lowest BCUT2D eigenvalue weighted by Crippen LogP contribution is -2.37. The molecule has 0 saturated heterocycles. The second-order valence-corrected chi connectivity index (χ2v) is 7.42. The average Bonchev–Trinajstić information content (AvgIpc) is 3.30. The number of rotatable bonds is 4. The van der Waals surface area contributed by atoms with Gasteiger partial charge in [-0.3, -0.25) is 4.79 Å². The summed E-state index contributed by atoms with van der Waals surface area (Å²) in [6.07, 6.45) is 6.13. The normalized spacial score (nSPS) is 16.8. The van der Waals surface area contributed by atoms with E-state index in [0.29, 0.717) is 12.2 Å². The quantitative estimate of drug-likeness (QED) is 0.665. The van der Waals surface area contributed by atoms with E-state index in [1.807, 2.05) is 29.3 Å². The van der Waals surface area contributed by atoms with E-state index in [0.717, 1.165) is 18.5 Å². The van der Waals surface area contributed by atoms with Gasteiger partial charge in [0.25, 0.3) is 0 Å². The van der Waals surface area contributed by atoms with Crippen LogP contribution in [0.25, 0.3) is 6.08 Å². The first-order chi connectivity index (χ1) is 12.7. The summed E-state index contributed by atoms with van der Waals surface area (Å²) in [5.41, 5.74) is 3.13. The molecule has 0 unspecified atom stereocenters. The highest BCUT2D eigenvalue weighted by Gasteiger charge is 2.26. The first-order valence-corrected chi connectivity index (χ1v) is 9.57. The van der Waals surface area contributed by atoms with Crippen molar-refractivity contribution in [1.29, 1.82) is 0 Å². The van der Waals surface area contributed by atoms with Crippen LogP contribution in [-0.2, 0) is 17.8 Å². The van der Waals surface area contributed by atoms with Crippen molar-refractivity contribution in [2.75, 3.05) is 6.54 Å². The Morgan fingerprint density at radius 3 is 3.00 bits per heavy atom. The van der Waals surface area contributed by atoms with E-state index in [2.05, 4.69) is 40.8 Å². The standard InChI is InChI=1S/C20H20N4OS/c1-15-18-10-12-26-19(18)9-11-24(15)20(25)8-7-17-14-23(22-21-17)13-16-5-3-2-4-6-16/h2-8,10,12,14-15H,9,11,13H2,1H3/b8-7+/t15-/m1/s1. The molecule has 1 aliphatic heterocycles. The molecule has 4 rings (SSSR count). The van der Waals surface area contributed by atoms with Crippen LogP contribution in [0, 0.1) is 0 Å². The molecule has 0 radical (unpaired) electrons. The Morgan fingerprint density at radius 1 is 1.31 bits per heavy atom. The number of nitrogens with zero attached hydrogens (tertiary/aromatic N) is 4. The maximum atomic E-state index is 12.6. The van der Waals surface area contributed by atoms with E-state index in [1.165, 1.54) is 10.4 Å². The molecule has 132 valence electrons. The number of carbonyl (C=O) groups excluding carboxylic acids is 1. The van der Waals surface area contributed by atoms with E-state index < -0.39 is 0 Å². The minimum atomic E-state index is 0.0203. The number of amides is 1. The number of carbonyl (C=O) groups is 1. The maximum Gasteiger partial charge on any atom is 0.247 e. The molecule has 1 aromatic carbocycles. The topological polar surface area (TPSA) is 51.0 Å². The summed E-state index contributed by atoms with van der Waals surface area (Å²) in [4.78, 5) is 15.9. The first-order valence-electron chi connectivity index (χ1n) is 8.70. The van der Waals surface area contributed by atoms with Gasteiger partial charge in [0.05, 0.1) is 18.8 Å². The van der Waals surface area contributed by atoms with Gasteiger partial charge < -0.3 is 4.90 Å². The van der Waals surface area contributed by atoms with Crippen LogP contribution in [0.5, 0.6) is 0 Å². The van der Waals surface area contributed by atoms with Gasteiger partial charge in [-0.1, -0.05) is 35.5 Å². The Labute approximate surface area is 156 Å². The molecule has 5 nitrogen and oxygen atoms in total. The number of hydrogen-bond donors (Lipinski definition) is 0. The molecule has 1 amide bonds. The molecular weight excluding hydrogens is 344 g/mol. The van der Waals surface area contributed by atoms with Gasteiger partial charge in [-0.05, 0) is 42.0 Å². The van der Waals surface area contributed by atoms with E-state index >= 15 is 0 Å². The molecule has 6 heteroatoms. The summed E-state index contributed by atoms with van der Waals surface area (Å²) in [6.45, 7) is 3.52. The van der Waals surface area contributed by atoms with E-state index in [4.69, 9.17) is 0 Å². The third-order valence-electron chi connectivity index (χ3n) is 4.70. The third kappa shape index (κ3) is 3.46. The number of benzene rings is 1. The van der Waals surface area contributed by atoms with Gasteiger partial charge in [-0.25, -0.2) is 4.68 Å². The van der Waals surface area contributed by atoms with Gasteiger partial charge in [-0.2, -0.15) is 0 Å². The highest BCUT2D eigenvalue weighted by molar-refractivity contribution is 7.10. The van der Waals surface area contributed by atoms with Crippen LogP contribution in [0.4, 0.5) is 0 Å². The number of hydrogen-bond acceptors (Lipinski definition) is 4. The molecule has 0 N–H and O–H groups in total. The zero-order valence-corrected chi connectivity index (χ0v) is 15.4. The summed E-state index contributed by atoms with van der Waals surface area (Å²) >= 11 is 1.78. The molecule has 0 saturated carbocycles. The Balaban J connectivity index is 1.41. The minimum Gasteiger partial charge on any atom is -0.332 e. The van der Waals surface area contributed by atoms with Crippen LogP contribution in [0.1, 0.15) is 34.7 Å². The number of aromatic nitrogens is 3. The zero-order valence-electron chi connectivity index (χ0n) is 14.6.